The van der Waals surface area contributed by atoms with Crippen LogP contribution in [0.1, 0.15) is 41.3 Å². The number of hydrogen-bond donors (Lipinski definition) is 2. The number of rotatable bonds is 6. The van der Waals surface area contributed by atoms with Crippen molar-refractivity contribution in [3.05, 3.63) is 64.4 Å². The van der Waals surface area contributed by atoms with E-state index >= 15 is 0 Å². The van der Waals surface area contributed by atoms with Gasteiger partial charge in [-0.25, -0.2) is 4.98 Å². The summed E-state index contributed by atoms with van der Waals surface area (Å²) in [4.78, 5) is 23.2. The molecule has 12 heteroatoms. The summed E-state index contributed by atoms with van der Waals surface area (Å²) < 4.78 is 53.2. The van der Waals surface area contributed by atoms with Gasteiger partial charge in [0.05, 0.1) is 17.1 Å². The van der Waals surface area contributed by atoms with Crippen molar-refractivity contribution in [2.75, 3.05) is 36.9 Å². The normalized spacial score (nSPS) is 16.1. The molecule has 3 aromatic rings. The molecule has 1 aromatic heterocycles. The van der Waals surface area contributed by atoms with Crippen LogP contribution < -0.4 is 20.1 Å². The second-order valence-corrected chi connectivity index (χ2v) is 10.1. The van der Waals surface area contributed by atoms with Gasteiger partial charge in [-0.15, -0.1) is 0 Å². The Morgan fingerprint density at radius 2 is 2.00 bits per heavy atom. The summed E-state index contributed by atoms with van der Waals surface area (Å²) in [6.45, 7) is 4.86. The number of amides is 1. The number of nitrogens with one attached hydrogen (secondary N) is 2. The van der Waals surface area contributed by atoms with E-state index in [9.17, 15) is 18.0 Å². The van der Waals surface area contributed by atoms with Gasteiger partial charge in [-0.05, 0) is 67.7 Å². The minimum absolute atomic E-state index is 0.0325. The number of ether oxygens (including phenoxy) is 2. The Kier molecular flexibility index (Phi) is 7.81. The van der Waals surface area contributed by atoms with Crippen LogP contribution in [-0.2, 0) is 12.7 Å². The number of likely N-dealkylation sites (tertiary alicyclic amines) is 1. The highest BCUT2D eigenvalue weighted by molar-refractivity contribution is 6.32. The third-order valence-electron chi connectivity index (χ3n) is 6.76. The van der Waals surface area contributed by atoms with E-state index in [1.165, 1.54) is 36.7 Å². The first-order valence-electron chi connectivity index (χ1n) is 12.6. The van der Waals surface area contributed by atoms with Crippen molar-refractivity contribution in [1.82, 2.24) is 14.9 Å². The van der Waals surface area contributed by atoms with E-state index in [0.29, 0.717) is 30.6 Å². The number of anilines is 2. The predicted octanol–water partition coefficient (Wildman–Crippen LogP) is 6.23. The quantitative estimate of drug-likeness (QED) is 0.369. The Morgan fingerprint density at radius 1 is 1.21 bits per heavy atom. The van der Waals surface area contributed by atoms with Gasteiger partial charge in [0.25, 0.3) is 11.8 Å². The molecule has 8 nitrogen and oxygen atoms in total. The van der Waals surface area contributed by atoms with Gasteiger partial charge in [0.15, 0.2) is 5.82 Å². The van der Waals surface area contributed by atoms with Crippen LogP contribution in [-0.4, -0.2) is 47.0 Å². The Balaban J connectivity index is 1.33. The highest BCUT2D eigenvalue weighted by atomic mass is 35.5. The van der Waals surface area contributed by atoms with Crippen LogP contribution in [0.4, 0.5) is 24.7 Å². The molecule has 2 aromatic carbocycles. The Bertz CT molecular complexity index is 1360. The Labute approximate surface area is 228 Å². The fourth-order valence-corrected chi connectivity index (χ4v) is 4.71. The summed E-state index contributed by atoms with van der Waals surface area (Å²) in [5.41, 5.74) is -0.412. The summed E-state index contributed by atoms with van der Waals surface area (Å²) in [7, 11) is 0. The maximum absolute atomic E-state index is 13.9. The van der Waals surface area contributed by atoms with Crippen LogP contribution in [0.3, 0.4) is 0 Å². The van der Waals surface area contributed by atoms with E-state index in [0.717, 1.165) is 32.0 Å². The first-order chi connectivity index (χ1) is 18.7. The smallest absolute Gasteiger partial charge is 0.416 e. The number of nitrogens with zero attached hydrogens (tertiary/aromatic N) is 3. The number of benzene rings is 2. The van der Waals surface area contributed by atoms with E-state index in [1.807, 2.05) is 4.90 Å². The molecule has 1 saturated heterocycles. The molecule has 3 heterocycles. The van der Waals surface area contributed by atoms with Crippen molar-refractivity contribution in [2.45, 2.75) is 32.5 Å². The molecule has 1 amide bonds. The minimum Gasteiger partial charge on any atom is -0.483 e. The lowest BCUT2D eigenvalue weighted by atomic mass is 9.98. The molecule has 206 valence electrons. The number of piperidine rings is 1. The number of carbonyl (C=O) groups excluding carboxylic acids is 1. The summed E-state index contributed by atoms with van der Waals surface area (Å²) in [5, 5.41) is 5.83. The third kappa shape index (κ3) is 6.36. The molecule has 2 N–H and O–H groups in total. The molecule has 39 heavy (non-hydrogen) atoms. The van der Waals surface area contributed by atoms with Crippen LogP contribution >= 0.6 is 11.6 Å². The average molecular weight is 562 g/mol. The van der Waals surface area contributed by atoms with Gasteiger partial charge in [0, 0.05) is 17.8 Å². The zero-order valence-corrected chi connectivity index (χ0v) is 21.9. The first kappa shape index (κ1) is 27.0. The van der Waals surface area contributed by atoms with Gasteiger partial charge in [-0.3, -0.25) is 9.69 Å². The highest BCUT2D eigenvalue weighted by Gasteiger charge is 2.34. The lowest BCUT2D eigenvalue weighted by molar-refractivity contribution is -0.138. The molecule has 5 rings (SSSR count). The maximum atomic E-state index is 13.9. The van der Waals surface area contributed by atoms with Crippen LogP contribution in [0.2, 0.25) is 5.02 Å². The van der Waals surface area contributed by atoms with E-state index in [2.05, 4.69) is 27.5 Å². The fraction of sp³-hybridized carbons (Fsp3) is 0.370. The van der Waals surface area contributed by atoms with Gasteiger partial charge in [-0.2, -0.15) is 18.2 Å². The van der Waals surface area contributed by atoms with Crippen molar-refractivity contribution in [3.8, 4) is 17.4 Å². The van der Waals surface area contributed by atoms with Gasteiger partial charge < -0.3 is 20.1 Å². The second-order valence-electron chi connectivity index (χ2n) is 9.66. The lowest BCUT2D eigenvalue weighted by Crippen LogP contribution is -2.33. The molecule has 0 unspecified atom stereocenters. The number of hydrogen-bond acceptors (Lipinski definition) is 7. The van der Waals surface area contributed by atoms with Crippen LogP contribution in [0.5, 0.6) is 17.4 Å². The molecular weight excluding hydrogens is 535 g/mol. The number of carbonyl (C=O) groups is 1. The predicted molar refractivity (Wildman–Crippen MR) is 141 cm³/mol. The van der Waals surface area contributed by atoms with E-state index in [-0.39, 0.29) is 40.0 Å². The summed E-state index contributed by atoms with van der Waals surface area (Å²) in [5.74, 6) is 0.978. The van der Waals surface area contributed by atoms with Crippen LogP contribution in [0.25, 0.3) is 0 Å². The van der Waals surface area contributed by atoms with Crippen molar-refractivity contribution in [2.24, 2.45) is 5.92 Å². The standard InChI is InChI=1S/C27H27ClF3N5O3/c1-16-6-9-36(10-7-16)14-18-2-4-19(13-20(18)27(29,30)31)35-25(37)17-3-5-21(28)22(12-17)39-26-23-24(33-15-34-26)32-8-11-38-23/h2-5,12-13,15-16H,6-11,14H2,1H3,(H,35,37)(H,32,33,34). The molecule has 0 saturated carbocycles. The van der Waals surface area contributed by atoms with Crippen LogP contribution in [0, 0.1) is 5.92 Å². The molecule has 1 fully saturated rings. The summed E-state index contributed by atoms with van der Waals surface area (Å²) in [6.07, 6.45) is -1.33. The second kappa shape index (κ2) is 11.3. The highest BCUT2D eigenvalue weighted by Crippen LogP contribution is 2.39. The molecule has 0 aliphatic carbocycles. The summed E-state index contributed by atoms with van der Waals surface area (Å²) in [6, 6.07) is 8.19. The molecule has 2 aliphatic rings. The fourth-order valence-electron chi connectivity index (χ4n) is 4.56. The van der Waals surface area contributed by atoms with E-state index in [4.69, 9.17) is 21.1 Å². The number of halogens is 4. The van der Waals surface area contributed by atoms with Gasteiger partial charge >= 0.3 is 6.18 Å². The molecule has 0 spiro atoms. The van der Waals surface area contributed by atoms with Crippen molar-refractivity contribution in [3.63, 3.8) is 0 Å². The minimum atomic E-state index is -4.56. The Hall–Kier alpha value is -3.57. The lowest BCUT2D eigenvalue weighted by Gasteiger charge is -2.31. The van der Waals surface area contributed by atoms with Crippen molar-refractivity contribution >= 4 is 29.0 Å². The van der Waals surface area contributed by atoms with Gasteiger partial charge in [0.2, 0.25) is 5.75 Å². The molecule has 0 radical (unpaired) electrons. The monoisotopic (exact) mass is 561 g/mol. The largest absolute Gasteiger partial charge is 0.483 e. The molecular formula is C27H27ClF3N5O3. The molecule has 2 aliphatic heterocycles. The number of fused-ring (bicyclic) bond motifs is 1. The van der Waals surface area contributed by atoms with Crippen molar-refractivity contribution in [1.29, 1.82) is 0 Å². The topological polar surface area (TPSA) is 88.6 Å². The maximum Gasteiger partial charge on any atom is 0.416 e. The zero-order chi connectivity index (χ0) is 27.6. The van der Waals surface area contributed by atoms with Crippen molar-refractivity contribution < 1.29 is 27.4 Å². The number of alkyl halides is 3. The SMILES string of the molecule is CC1CCN(Cc2ccc(NC(=O)c3ccc(Cl)c(Oc4ncnc5c4OCCN5)c3)cc2C(F)(F)F)CC1. The molecule has 0 bridgehead atoms. The average Bonchev–Trinajstić information content (AvgIpc) is 2.91. The van der Waals surface area contributed by atoms with Crippen LogP contribution in [0.15, 0.2) is 42.7 Å². The van der Waals surface area contributed by atoms with Gasteiger partial charge in [-0.1, -0.05) is 24.6 Å². The van der Waals surface area contributed by atoms with E-state index in [1.54, 1.807) is 0 Å². The third-order valence-corrected chi connectivity index (χ3v) is 7.07. The first-order valence-corrected chi connectivity index (χ1v) is 13.0. The Morgan fingerprint density at radius 3 is 2.77 bits per heavy atom. The van der Waals surface area contributed by atoms with Gasteiger partial charge in [0.1, 0.15) is 18.7 Å². The zero-order valence-electron chi connectivity index (χ0n) is 21.1. The molecule has 0 atom stereocenters. The summed E-state index contributed by atoms with van der Waals surface area (Å²) >= 11 is 6.28. The van der Waals surface area contributed by atoms with E-state index < -0.39 is 17.6 Å². The number of aromatic nitrogens is 2.